The minimum atomic E-state index is -1.79. The Bertz CT molecular complexity index is 1290. The van der Waals surface area contributed by atoms with Gasteiger partial charge in [0.05, 0.1) is 24.0 Å². The first-order valence-corrected chi connectivity index (χ1v) is 15.2. The molecule has 0 saturated heterocycles. The number of carbonyl (C=O) groups excluding carboxylic acids is 1. The quantitative estimate of drug-likeness (QED) is 0.327. The summed E-state index contributed by atoms with van der Waals surface area (Å²) in [6.45, 7) is 5.33. The maximum Gasteiger partial charge on any atom is 0.254 e. The Morgan fingerprint density at radius 1 is 1.18 bits per heavy atom. The molecule has 39 heavy (non-hydrogen) atoms. The van der Waals surface area contributed by atoms with Crippen molar-refractivity contribution in [2.75, 3.05) is 30.9 Å². The van der Waals surface area contributed by atoms with Crippen LogP contribution in [0.2, 0.25) is 5.02 Å². The van der Waals surface area contributed by atoms with Crippen molar-refractivity contribution in [1.29, 1.82) is 0 Å². The monoisotopic (exact) mass is 573 g/mol. The predicted octanol–water partition coefficient (Wildman–Crippen LogP) is 6.10. The van der Waals surface area contributed by atoms with E-state index in [1.807, 2.05) is 24.3 Å². The highest BCUT2D eigenvalue weighted by Crippen LogP contribution is 2.34. The van der Waals surface area contributed by atoms with E-state index in [-0.39, 0.29) is 17.8 Å². The smallest absolute Gasteiger partial charge is 0.254 e. The highest BCUT2D eigenvalue weighted by molar-refractivity contribution is 7.75. The van der Waals surface area contributed by atoms with Gasteiger partial charge in [-0.3, -0.25) is 4.79 Å². The SMILES string of the molecule is CO[C@H]1/C=C/[C@](C)(O)[C@H](C)C[S-](=O)=NC(=O)c2ccc3c(c2)N(CCC1)Cc1ccc(Cl)cc1CCCCO3. The molecule has 0 aliphatic carbocycles. The Morgan fingerprint density at radius 3 is 2.79 bits per heavy atom. The average molecular weight is 574 g/mol. The topological polar surface area (TPSA) is 88.4 Å². The maximum absolute atomic E-state index is 13.1. The third-order valence-corrected chi connectivity index (χ3v) is 9.01. The van der Waals surface area contributed by atoms with E-state index >= 15 is 0 Å². The van der Waals surface area contributed by atoms with Gasteiger partial charge in [-0.2, -0.15) is 10.6 Å². The van der Waals surface area contributed by atoms with Gasteiger partial charge in [-0.1, -0.05) is 42.5 Å². The molecule has 3 atom stereocenters. The van der Waals surface area contributed by atoms with E-state index in [2.05, 4.69) is 15.3 Å². The first-order valence-electron chi connectivity index (χ1n) is 13.5. The van der Waals surface area contributed by atoms with Crippen molar-refractivity contribution in [3.63, 3.8) is 0 Å². The molecule has 4 rings (SSSR count). The lowest BCUT2D eigenvalue weighted by atomic mass is 9.91. The van der Waals surface area contributed by atoms with Gasteiger partial charge < -0.3 is 28.1 Å². The molecule has 1 N–H and O–H groups in total. The van der Waals surface area contributed by atoms with Crippen molar-refractivity contribution < 1.29 is 23.6 Å². The Balaban J connectivity index is 1.79. The van der Waals surface area contributed by atoms with E-state index in [4.69, 9.17) is 21.1 Å². The highest BCUT2D eigenvalue weighted by atomic mass is 35.5. The lowest BCUT2D eigenvalue weighted by Crippen LogP contribution is -2.33. The second kappa shape index (κ2) is 13.3. The molecule has 0 fully saturated rings. The molecule has 0 radical (unpaired) electrons. The zero-order valence-corrected chi connectivity index (χ0v) is 24.5. The van der Waals surface area contributed by atoms with Crippen LogP contribution < -0.4 is 9.64 Å². The number of nitrogens with zero attached hydrogens (tertiary/aromatic N) is 2. The van der Waals surface area contributed by atoms with E-state index in [1.54, 1.807) is 39.2 Å². The number of carbonyl (C=O) groups is 1. The third kappa shape index (κ3) is 7.84. The van der Waals surface area contributed by atoms with Crippen molar-refractivity contribution in [1.82, 2.24) is 0 Å². The molecule has 212 valence electrons. The van der Waals surface area contributed by atoms with Crippen LogP contribution in [0.15, 0.2) is 52.9 Å². The number of rotatable bonds is 1. The number of halogens is 1. The summed E-state index contributed by atoms with van der Waals surface area (Å²) in [6.07, 6.45) is 7.70. The van der Waals surface area contributed by atoms with E-state index in [9.17, 15) is 14.1 Å². The minimum absolute atomic E-state index is 0.0558. The number of hydrogen-bond donors (Lipinski definition) is 1. The molecular weight excluding hydrogens is 536 g/mol. The average Bonchev–Trinajstić information content (AvgIpc) is 2.93. The van der Waals surface area contributed by atoms with E-state index in [0.29, 0.717) is 31.0 Å². The number of amides is 1. The van der Waals surface area contributed by atoms with Crippen LogP contribution in [0.5, 0.6) is 5.75 Å². The summed E-state index contributed by atoms with van der Waals surface area (Å²) in [4.78, 5) is 15.3. The summed E-state index contributed by atoms with van der Waals surface area (Å²) in [6, 6.07) is 11.3. The summed E-state index contributed by atoms with van der Waals surface area (Å²) in [5, 5.41) is 11.7. The van der Waals surface area contributed by atoms with Gasteiger partial charge in [-0.25, -0.2) is 0 Å². The van der Waals surface area contributed by atoms with Crippen LogP contribution in [0.25, 0.3) is 0 Å². The van der Waals surface area contributed by atoms with Crippen LogP contribution in [-0.2, 0) is 32.5 Å². The molecular formula is C30H38ClN2O5S-. The summed E-state index contributed by atoms with van der Waals surface area (Å²) in [5.41, 5.74) is 2.32. The number of methoxy groups -OCH3 is 1. The molecule has 0 saturated carbocycles. The van der Waals surface area contributed by atoms with Gasteiger partial charge in [0.2, 0.25) is 0 Å². The van der Waals surface area contributed by atoms with Gasteiger partial charge in [-0.05, 0) is 86.4 Å². The molecule has 2 aliphatic rings. The van der Waals surface area contributed by atoms with Gasteiger partial charge >= 0.3 is 0 Å². The van der Waals surface area contributed by atoms with Crippen LogP contribution in [0.4, 0.5) is 5.69 Å². The van der Waals surface area contributed by atoms with Crippen molar-refractivity contribution >= 4 is 33.8 Å². The molecule has 2 bridgehead atoms. The fourth-order valence-corrected chi connectivity index (χ4v) is 6.22. The number of anilines is 1. The minimum Gasteiger partial charge on any atom is -0.491 e. The largest absolute Gasteiger partial charge is 0.491 e. The van der Waals surface area contributed by atoms with Crippen molar-refractivity contribution in [2.24, 2.45) is 10.3 Å². The van der Waals surface area contributed by atoms with Gasteiger partial charge in [0, 0.05) is 30.8 Å². The van der Waals surface area contributed by atoms with Crippen LogP contribution in [-0.4, -0.2) is 48.7 Å². The summed E-state index contributed by atoms with van der Waals surface area (Å²) >= 11 is 6.35. The predicted molar refractivity (Wildman–Crippen MR) is 156 cm³/mol. The molecule has 0 unspecified atom stereocenters. The van der Waals surface area contributed by atoms with Gasteiger partial charge in [0.15, 0.2) is 0 Å². The fourth-order valence-electron chi connectivity index (χ4n) is 4.90. The molecule has 1 amide bonds. The molecule has 2 aliphatic heterocycles. The first-order chi connectivity index (χ1) is 18.7. The fraction of sp³-hybridized carbons (Fsp3) is 0.500. The number of fused-ring (bicyclic) bond motifs is 2. The maximum atomic E-state index is 13.1. The van der Waals surface area contributed by atoms with Crippen LogP contribution in [0, 0.1) is 5.92 Å². The van der Waals surface area contributed by atoms with E-state index < -0.39 is 22.1 Å². The summed E-state index contributed by atoms with van der Waals surface area (Å²) in [5.74, 6) is -0.174. The molecule has 2 aromatic rings. The summed E-state index contributed by atoms with van der Waals surface area (Å²) in [7, 11) is -0.134. The number of hydrogen-bond acceptors (Lipinski definition) is 7. The standard InChI is InChI=1S/C30H38ClN2O5S/c1-21-20-39(36)32-29(34)23-10-12-28-27(18-23)33(15-6-8-26(37-3)13-14-30(21,2)35)19-24-9-11-25(31)17-22(24)7-4-5-16-38-28/h9-14,17-18,21,26,35H,4-8,15-16,19-20H2,1-3H3/q-1/b14-13+/t21-,26-,30+/m1/s1. The second-order valence-corrected chi connectivity index (χ2v) is 12.2. The first kappa shape index (κ1) is 29.6. The molecule has 2 aromatic carbocycles. The van der Waals surface area contributed by atoms with Crippen LogP contribution in [0.1, 0.15) is 61.0 Å². The number of aliphatic hydroxyl groups is 1. The third-order valence-electron chi connectivity index (χ3n) is 7.62. The van der Waals surface area contributed by atoms with Crippen molar-refractivity contribution in [3.05, 3.63) is 70.3 Å². The van der Waals surface area contributed by atoms with Gasteiger partial charge in [-0.15, -0.1) is 0 Å². The highest BCUT2D eigenvalue weighted by Gasteiger charge is 2.25. The van der Waals surface area contributed by atoms with Crippen molar-refractivity contribution in [3.8, 4) is 5.75 Å². The molecule has 0 aromatic heterocycles. The number of aryl methyl sites for hydroxylation is 1. The number of ether oxygens (including phenoxy) is 2. The van der Waals surface area contributed by atoms with Crippen LogP contribution in [0.3, 0.4) is 0 Å². The van der Waals surface area contributed by atoms with Crippen LogP contribution >= 0.6 is 11.6 Å². The Hall–Kier alpha value is -2.39. The Kier molecular flexibility index (Phi) is 10.1. The molecule has 2 heterocycles. The molecule has 7 nitrogen and oxygen atoms in total. The second-order valence-electron chi connectivity index (χ2n) is 10.6. The molecule has 9 heteroatoms. The van der Waals surface area contributed by atoms with Gasteiger partial charge in [0.1, 0.15) is 5.75 Å². The van der Waals surface area contributed by atoms with Gasteiger partial charge in [0.25, 0.3) is 5.91 Å². The Labute approximate surface area is 238 Å². The van der Waals surface area contributed by atoms with Crippen molar-refractivity contribution in [2.45, 2.75) is 64.2 Å². The number of benzene rings is 2. The zero-order chi connectivity index (χ0) is 28.0. The normalized spacial score (nSPS) is 26.5. The summed E-state index contributed by atoms with van der Waals surface area (Å²) < 4.78 is 28.7. The zero-order valence-electron chi connectivity index (χ0n) is 22.9. The van der Waals surface area contributed by atoms with E-state index in [0.717, 1.165) is 42.8 Å². The lowest BCUT2D eigenvalue weighted by molar-refractivity contribution is 0.0612. The lowest BCUT2D eigenvalue weighted by Gasteiger charge is -2.30. The van der Waals surface area contributed by atoms with E-state index in [1.165, 1.54) is 11.1 Å². The Morgan fingerprint density at radius 2 is 2.00 bits per heavy atom. The molecule has 0 spiro atoms.